The van der Waals surface area contributed by atoms with Crippen LogP contribution in [0.5, 0.6) is 11.5 Å². The zero-order valence-electron chi connectivity index (χ0n) is 23.0. The monoisotopic (exact) mass is 699 g/mol. The van der Waals surface area contributed by atoms with Crippen molar-refractivity contribution in [3.8, 4) is 39.8 Å². The van der Waals surface area contributed by atoms with Gasteiger partial charge in [-0.05, 0) is 53.1 Å². The van der Waals surface area contributed by atoms with Gasteiger partial charge < -0.3 is 15.2 Å². The Hall–Kier alpha value is -3.81. The highest BCUT2D eigenvalue weighted by atomic mass is 79.9. The normalized spacial score (nSPS) is 11.3. The Morgan fingerprint density at radius 2 is 1.72 bits per heavy atom. The largest absolute Gasteiger partial charge is 0.493 e. The van der Waals surface area contributed by atoms with E-state index < -0.39 is 5.92 Å². The summed E-state index contributed by atoms with van der Waals surface area (Å²) in [5.74, 6) is 1.01. The van der Waals surface area contributed by atoms with E-state index in [1.165, 1.54) is 0 Å². The Bertz CT molecular complexity index is 1820. The lowest BCUT2D eigenvalue weighted by Crippen LogP contribution is -2.11. The summed E-state index contributed by atoms with van der Waals surface area (Å²) in [6, 6.07) is 21.8. The predicted octanol–water partition coefficient (Wildman–Crippen LogP) is 7.97. The number of nitrogens with zero attached hydrogens (tertiary/aromatic N) is 4. The molecule has 0 amide bonds. The summed E-state index contributed by atoms with van der Waals surface area (Å²) >= 11 is 21.2. The van der Waals surface area contributed by atoms with Crippen LogP contribution in [0.4, 0.5) is 5.82 Å². The van der Waals surface area contributed by atoms with Gasteiger partial charge in [-0.2, -0.15) is 14.9 Å². The predicted molar refractivity (Wildman–Crippen MR) is 175 cm³/mol. The minimum Gasteiger partial charge on any atom is -0.493 e. The van der Waals surface area contributed by atoms with E-state index in [0.29, 0.717) is 44.3 Å². The van der Waals surface area contributed by atoms with Crippen LogP contribution in [0, 0.1) is 11.3 Å². The van der Waals surface area contributed by atoms with Crippen molar-refractivity contribution in [3.63, 3.8) is 0 Å². The number of hydrogen-bond donors (Lipinski definition) is 1. The standard InChI is InChI=1S/C21H18Cl2N4O2.C10H7BrClNO/c1-28-17-7-6-12(9-18(17)29-2)15-11-25-27-20(24)19(16(10-22)26-21(15)27)13-4-3-5-14(23)8-13;11-5-10(14)9(6-13)7-2-1-3-8(12)4-7/h3-9,11H,10,24H2,1-2H3;1-4,9H,5H2. The van der Waals surface area contributed by atoms with E-state index >= 15 is 0 Å². The van der Waals surface area contributed by atoms with Crippen molar-refractivity contribution >= 4 is 68.0 Å². The van der Waals surface area contributed by atoms with Gasteiger partial charge in [0, 0.05) is 21.2 Å². The number of ketones is 1. The molecule has 0 bridgehead atoms. The molecule has 3 aromatic carbocycles. The van der Waals surface area contributed by atoms with Crippen LogP contribution in [-0.4, -0.2) is 39.9 Å². The maximum absolute atomic E-state index is 11.3. The fourth-order valence-electron chi connectivity index (χ4n) is 4.42. The van der Waals surface area contributed by atoms with Crippen LogP contribution < -0.4 is 15.2 Å². The topological polar surface area (TPSA) is 116 Å². The number of methoxy groups -OCH3 is 2. The summed E-state index contributed by atoms with van der Waals surface area (Å²) in [5.41, 5.74) is 11.6. The molecule has 220 valence electrons. The van der Waals surface area contributed by atoms with Crippen LogP contribution in [0.3, 0.4) is 0 Å². The van der Waals surface area contributed by atoms with Crippen LogP contribution in [-0.2, 0) is 10.7 Å². The van der Waals surface area contributed by atoms with Gasteiger partial charge in [0.1, 0.15) is 11.7 Å². The van der Waals surface area contributed by atoms with Crippen molar-refractivity contribution in [2.75, 3.05) is 25.3 Å². The van der Waals surface area contributed by atoms with Gasteiger partial charge in [-0.1, -0.05) is 69.5 Å². The number of ether oxygens (including phenoxy) is 2. The zero-order chi connectivity index (χ0) is 31.1. The molecule has 0 saturated carbocycles. The van der Waals surface area contributed by atoms with Crippen LogP contribution in [0.1, 0.15) is 17.2 Å². The number of rotatable bonds is 8. The molecule has 0 aliphatic rings. The third-order valence-electron chi connectivity index (χ3n) is 6.46. The third kappa shape index (κ3) is 7.06. The molecule has 12 heteroatoms. The first kappa shape index (κ1) is 32.1. The number of anilines is 1. The van der Waals surface area contributed by atoms with Crippen molar-refractivity contribution in [1.29, 1.82) is 5.26 Å². The Morgan fingerprint density at radius 3 is 2.33 bits per heavy atom. The molecule has 5 rings (SSSR count). The molecular weight excluding hydrogens is 677 g/mol. The number of alkyl halides is 2. The quantitative estimate of drug-likeness (QED) is 0.163. The number of nitrogens with two attached hydrogens (primary N) is 1. The van der Waals surface area contributed by atoms with E-state index in [9.17, 15) is 4.79 Å². The van der Waals surface area contributed by atoms with Crippen molar-refractivity contribution in [1.82, 2.24) is 14.6 Å². The van der Waals surface area contributed by atoms with Gasteiger partial charge in [0.25, 0.3) is 0 Å². The van der Waals surface area contributed by atoms with Crippen molar-refractivity contribution in [3.05, 3.63) is 94.2 Å². The minimum absolute atomic E-state index is 0.158. The molecule has 0 fully saturated rings. The summed E-state index contributed by atoms with van der Waals surface area (Å²) in [7, 11) is 3.19. The smallest absolute Gasteiger partial charge is 0.165 e. The lowest BCUT2D eigenvalue weighted by molar-refractivity contribution is -0.116. The van der Waals surface area contributed by atoms with Crippen molar-refractivity contribution < 1.29 is 14.3 Å². The summed E-state index contributed by atoms with van der Waals surface area (Å²) in [6.45, 7) is 0. The summed E-state index contributed by atoms with van der Waals surface area (Å²) in [6.07, 6.45) is 1.72. The van der Waals surface area contributed by atoms with Crippen molar-refractivity contribution in [2.24, 2.45) is 0 Å². The number of carbonyl (C=O) groups excluding carboxylic acids is 1. The lowest BCUT2D eigenvalue weighted by Gasteiger charge is -2.13. The number of fused-ring (bicyclic) bond motifs is 1. The molecule has 8 nitrogen and oxygen atoms in total. The highest BCUT2D eigenvalue weighted by Gasteiger charge is 2.20. The first-order valence-electron chi connectivity index (χ1n) is 12.7. The molecule has 0 aliphatic heterocycles. The van der Waals surface area contributed by atoms with Crippen LogP contribution >= 0.6 is 50.7 Å². The average molecular weight is 702 g/mol. The summed E-state index contributed by atoms with van der Waals surface area (Å²) in [5, 5.41) is 14.6. The zero-order valence-corrected chi connectivity index (χ0v) is 26.9. The van der Waals surface area contributed by atoms with Crippen LogP contribution in [0.15, 0.2) is 72.9 Å². The molecule has 43 heavy (non-hydrogen) atoms. The molecule has 0 radical (unpaired) electrons. The maximum atomic E-state index is 11.3. The second-order valence-corrected chi connectivity index (χ2v) is 10.7. The number of benzene rings is 3. The second kappa shape index (κ2) is 14.6. The number of carbonyl (C=O) groups is 1. The van der Waals surface area contributed by atoms with E-state index in [-0.39, 0.29) is 17.0 Å². The molecule has 2 heterocycles. The molecule has 0 saturated heterocycles. The Labute approximate surface area is 272 Å². The molecule has 2 N–H and O–H groups in total. The number of nitrogen functional groups attached to an aromatic ring is 1. The third-order valence-corrected chi connectivity index (χ3v) is 7.73. The first-order valence-corrected chi connectivity index (χ1v) is 15.1. The lowest BCUT2D eigenvalue weighted by atomic mass is 9.97. The number of Topliss-reactive ketones (excluding diaryl/α,β-unsaturated/α-hetero) is 1. The Kier molecular flexibility index (Phi) is 10.9. The van der Waals surface area contributed by atoms with Crippen molar-refractivity contribution in [2.45, 2.75) is 11.8 Å². The van der Waals surface area contributed by atoms with E-state index in [0.717, 1.165) is 22.3 Å². The summed E-state index contributed by atoms with van der Waals surface area (Å²) in [4.78, 5) is 16.1. The highest BCUT2D eigenvalue weighted by molar-refractivity contribution is 9.09. The van der Waals surface area contributed by atoms with E-state index in [1.54, 1.807) is 55.3 Å². The molecular formula is C31H25BrCl3N5O3. The second-order valence-electron chi connectivity index (χ2n) is 9.04. The van der Waals surface area contributed by atoms with Crippen LogP contribution in [0.2, 0.25) is 10.0 Å². The fraction of sp³-hybridized carbons (Fsp3) is 0.161. The van der Waals surface area contributed by atoms with Gasteiger partial charge >= 0.3 is 0 Å². The average Bonchev–Trinajstić information content (AvgIpc) is 3.45. The molecule has 1 unspecified atom stereocenters. The SMILES string of the molecule is COc1ccc(-c2cnn3c(N)c(-c4cccc(Cl)c4)c(CCl)nc23)cc1OC.N#CC(C(=O)CBr)c1cccc(Cl)c1. The number of halogens is 4. The molecule has 1 atom stereocenters. The van der Waals surface area contributed by atoms with E-state index in [2.05, 4.69) is 21.0 Å². The maximum Gasteiger partial charge on any atom is 0.165 e. The van der Waals surface area contributed by atoms with Gasteiger partial charge in [-0.25, -0.2) is 4.98 Å². The summed E-state index contributed by atoms with van der Waals surface area (Å²) < 4.78 is 12.3. The molecule has 5 aromatic rings. The van der Waals surface area contributed by atoms with Crippen LogP contribution in [0.25, 0.3) is 27.9 Å². The number of nitriles is 1. The number of aromatic nitrogens is 3. The Balaban J connectivity index is 0.000000255. The van der Waals surface area contributed by atoms with Gasteiger partial charge in [-0.15, -0.1) is 11.6 Å². The highest BCUT2D eigenvalue weighted by Crippen LogP contribution is 2.37. The Morgan fingerprint density at radius 1 is 1.02 bits per heavy atom. The molecule has 0 spiro atoms. The molecule has 2 aromatic heterocycles. The first-order chi connectivity index (χ1) is 20.8. The number of hydrogen-bond acceptors (Lipinski definition) is 7. The fourth-order valence-corrected chi connectivity index (χ4v) is 5.33. The van der Waals surface area contributed by atoms with E-state index in [1.807, 2.05) is 42.5 Å². The van der Waals surface area contributed by atoms with Gasteiger partial charge in [0.15, 0.2) is 22.9 Å². The van der Waals surface area contributed by atoms with Gasteiger partial charge in [0.2, 0.25) is 0 Å². The van der Waals surface area contributed by atoms with E-state index in [4.69, 9.17) is 60.3 Å². The minimum atomic E-state index is -0.729. The molecule has 0 aliphatic carbocycles. The van der Waals surface area contributed by atoms with Gasteiger partial charge in [-0.3, -0.25) is 4.79 Å². The van der Waals surface area contributed by atoms with Gasteiger partial charge in [0.05, 0.1) is 43.4 Å².